The second-order valence-corrected chi connectivity index (χ2v) is 8.75. The van der Waals surface area contributed by atoms with Gasteiger partial charge in [-0.3, -0.25) is 4.99 Å². The maximum Gasteiger partial charge on any atom is 0.238 e. The van der Waals surface area contributed by atoms with Crippen molar-refractivity contribution in [3.05, 3.63) is 65.5 Å². The van der Waals surface area contributed by atoms with Gasteiger partial charge in [-0.2, -0.15) is 0 Å². The van der Waals surface area contributed by atoms with E-state index in [4.69, 9.17) is 5.14 Å². The second kappa shape index (κ2) is 9.16. The monoisotopic (exact) mass is 406 g/mol. The van der Waals surface area contributed by atoms with Crippen molar-refractivity contribution >= 4 is 16.0 Å². The highest BCUT2D eigenvalue weighted by Gasteiger charge is 2.21. The van der Waals surface area contributed by atoms with Gasteiger partial charge in [0, 0.05) is 25.6 Å². The minimum Gasteiger partial charge on any atom is -0.356 e. The van der Waals surface area contributed by atoms with Crippen LogP contribution in [0.1, 0.15) is 25.0 Å². The Kier molecular flexibility index (Phi) is 7.15. The molecular formula is C20H27FN4O2S. The lowest BCUT2D eigenvalue weighted by molar-refractivity contribution is 0.503. The van der Waals surface area contributed by atoms with Crippen molar-refractivity contribution < 1.29 is 12.8 Å². The van der Waals surface area contributed by atoms with Gasteiger partial charge in [-0.15, -0.1) is 0 Å². The number of primary sulfonamides is 1. The first-order chi connectivity index (χ1) is 13.1. The van der Waals surface area contributed by atoms with Crippen molar-refractivity contribution in [3.8, 4) is 0 Å². The molecule has 0 spiro atoms. The van der Waals surface area contributed by atoms with Crippen LogP contribution in [0.25, 0.3) is 0 Å². The summed E-state index contributed by atoms with van der Waals surface area (Å²) in [6.07, 6.45) is 0.693. The number of nitrogens with zero attached hydrogens (tertiary/aromatic N) is 1. The number of nitrogens with one attached hydrogen (secondary N) is 2. The van der Waals surface area contributed by atoms with E-state index >= 15 is 0 Å². The predicted molar refractivity (Wildman–Crippen MR) is 110 cm³/mol. The van der Waals surface area contributed by atoms with Crippen LogP contribution in [-0.2, 0) is 21.9 Å². The Morgan fingerprint density at radius 2 is 1.82 bits per heavy atom. The Bertz CT molecular complexity index is 925. The molecule has 0 amide bonds. The molecule has 0 aliphatic carbocycles. The molecule has 0 radical (unpaired) electrons. The molecule has 2 rings (SSSR count). The number of aliphatic imine (C=N–C) groups is 1. The zero-order valence-corrected chi connectivity index (χ0v) is 17.2. The zero-order valence-electron chi connectivity index (χ0n) is 16.4. The van der Waals surface area contributed by atoms with Crippen LogP contribution < -0.4 is 15.8 Å². The smallest absolute Gasteiger partial charge is 0.238 e. The van der Waals surface area contributed by atoms with Crippen molar-refractivity contribution in [2.45, 2.75) is 30.6 Å². The summed E-state index contributed by atoms with van der Waals surface area (Å²) in [6, 6.07) is 13.1. The molecule has 152 valence electrons. The van der Waals surface area contributed by atoms with Gasteiger partial charge in [0.2, 0.25) is 10.0 Å². The predicted octanol–water partition coefficient (Wildman–Crippen LogP) is 2.16. The Hall–Kier alpha value is -2.45. The van der Waals surface area contributed by atoms with Crippen LogP contribution in [0.5, 0.6) is 0 Å². The molecular weight excluding hydrogens is 379 g/mol. The van der Waals surface area contributed by atoms with Gasteiger partial charge in [-0.1, -0.05) is 38.1 Å². The molecule has 8 heteroatoms. The number of benzene rings is 2. The lowest BCUT2D eigenvalue weighted by Crippen LogP contribution is -2.44. The molecule has 0 unspecified atom stereocenters. The molecule has 28 heavy (non-hydrogen) atoms. The van der Waals surface area contributed by atoms with Crippen molar-refractivity contribution in [3.63, 3.8) is 0 Å². The maximum atomic E-state index is 13.5. The zero-order chi connectivity index (χ0) is 20.8. The molecule has 0 aromatic heterocycles. The number of hydrogen-bond donors (Lipinski definition) is 3. The molecule has 0 heterocycles. The van der Waals surface area contributed by atoms with Gasteiger partial charge in [-0.25, -0.2) is 17.9 Å². The molecule has 0 atom stereocenters. The van der Waals surface area contributed by atoms with Crippen molar-refractivity contribution in [2.24, 2.45) is 10.1 Å². The fourth-order valence-corrected chi connectivity index (χ4v) is 3.22. The Labute approximate surface area is 166 Å². The number of nitrogens with two attached hydrogens (primary N) is 1. The number of halogens is 1. The SMILES string of the molecule is CN=C(NCCc1ccc(S(N)(=O)=O)cc1)NCC(C)(C)c1cccc(F)c1. The topological polar surface area (TPSA) is 96.6 Å². The molecule has 0 bridgehead atoms. The first-order valence-electron chi connectivity index (χ1n) is 8.94. The van der Waals surface area contributed by atoms with E-state index in [0.29, 0.717) is 25.5 Å². The van der Waals surface area contributed by atoms with E-state index in [1.807, 2.05) is 19.9 Å². The lowest BCUT2D eigenvalue weighted by Gasteiger charge is -2.27. The largest absolute Gasteiger partial charge is 0.356 e. The summed E-state index contributed by atoms with van der Waals surface area (Å²) in [7, 11) is -1.99. The van der Waals surface area contributed by atoms with E-state index in [-0.39, 0.29) is 16.1 Å². The average Bonchev–Trinajstić information content (AvgIpc) is 2.64. The van der Waals surface area contributed by atoms with Crippen LogP contribution >= 0.6 is 0 Å². The molecule has 0 saturated carbocycles. The summed E-state index contributed by atoms with van der Waals surface area (Å²) >= 11 is 0. The van der Waals surface area contributed by atoms with Gasteiger partial charge in [0.25, 0.3) is 0 Å². The van der Waals surface area contributed by atoms with Gasteiger partial charge in [0.1, 0.15) is 5.82 Å². The Morgan fingerprint density at radius 1 is 1.14 bits per heavy atom. The van der Waals surface area contributed by atoms with E-state index in [0.717, 1.165) is 11.1 Å². The molecule has 0 aliphatic rings. The summed E-state index contributed by atoms with van der Waals surface area (Å²) in [6.45, 7) is 5.28. The summed E-state index contributed by atoms with van der Waals surface area (Å²) in [5.41, 5.74) is 1.62. The molecule has 2 aromatic rings. The van der Waals surface area contributed by atoms with Gasteiger partial charge < -0.3 is 10.6 Å². The highest BCUT2D eigenvalue weighted by molar-refractivity contribution is 7.89. The molecule has 0 saturated heterocycles. The van der Waals surface area contributed by atoms with Crippen molar-refractivity contribution in [1.29, 1.82) is 0 Å². The number of sulfonamides is 1. The highest BCUT2D eigenvalue weighted by Crippen LogP contribution is 2.22. The van der Waals surface area contributed by atoms with E-state index < -0.39 is 10.0 Å². The van der Waals surface area contributed by atoms with Crippen LogP contribution in [0.4, 0.5) is 4.39 Å². The van der Waals surface area contributed by atoms with Crippen LogP contribution in [0.2, 0.25) is 0 Å². The molecule has 0 fully saturated rings. The summed E-state index contributed by atoms with van der Waals surface area (Å²) in [5, 5.41) is 11.6. The quantitative estimate of drug-likeness (QED) is 0.485. The van der Waals surface area contributed by atoms with Crippen LogP contribution in [0.15, 0.2) is 58.4 Å². The maximum absolute atomic E-state index is 13.5. The Morgan fingerprint density at radius 3 is 2.39 bits per heavy atom. The Balaban J connectivity index is 1.86. The van der Waals surface area contributed by atoms with E-state index in [2.05, 4.69) is 15.6 Å². The lowest BCUT2D eigenvalue weighted by atomic mass is 9.84. The minimum atomic E-state index is -3.67. The van der Waals surface area contributed by atoms with Crippen LogP contribution in [0, 0.1) is 5.82 Å². The third-order valence-corrected chi connectivity index (χ3v) is 5.41. The van der Waals surface area contributed by atoms with E-state index in [1.165, 1.54) is 18.2 Å². The summed E-state index contributed by atoms with van der Waals surface area (Å²) in [5.74, 6) is 0.396. The third kappa shape index (κ3) is 6.31. The fraction of sp³-hybridized carbons (Fsp3) is 0.350. The third-order valence-electron chi connectivity index (χ3n) is 4.49. The summed E-state index contributed by atoms with van der Waals surface area (Å²) in [4.78, 5) is 4.30. The summed E-state index contributed by atoms with van der Waals surface area (Å²) < 4.78 is 36.0. The minimum absolute atomic E-state index is 0.0984. The molecule has 4 N–H and O–H groups in total. The van der Waals surface area contributed by atoms with Gasteiger partial charge in [0.05, 0.1) is 4.90 Å². The first-order valence-corrected chi connectivity index (χ1v) is 10.5. The van der Waals surface area contributed by atoms with Gasteiger partial charge in [-0.05, 0) is 41.8 Å². The average molecular weight is 407 g/mol. The standard InChI is InChI=1S/C20H27FN4O2S/c1-20(2,16-5-4-6-17(21)13-16)14-25-19(23-3)24-12-11-15-7-9-18(10-8-15)28(22,26)27/h4-10,13H,11-12,14H2,1-3H3,(H2,22,26,27)(H2,23,24,25). The molecule has 0 aliphatic heterocycles. The van der Waals surface area contributed by atoms with Gasteiger partial charge in [0.15, 0.2) is 5.96 Å². The fourth-order valence-electron chi connectivity index (χ4n) is 2.71. The number of guanidine groups is 1. The number of rotatable bonds is 7. The van der Waals surface area contributed by atoms with Gasteiger partial charge >= 0.3 is 0 Å². The highest BCUT2D eigenvalue weighted by atomic mass is 32.2. The van der Waals surface area contributed by atoms with Crippen LogP contribution in [-0.4, -0.2) is 34.5 Å². The molecule has 6 nitrogen and oxygen atoms in total. The molecule has 2 aromatic carbocycles. The number of hydrogen-bond acceptors (Lipinski definition) is 3. The van der Waals surface area contributed by atoms with E-state index in [1.54, 1.807) is 31.3 Å². The first kappa shape index (κ1) is 21.8. The van der Waals surface area contributed by atoms with Crippen molar-refractivity contribution in [1.82, 2.24) is 10.6 Å². The normalized spacial score (nSPS) is 12.7. The van der Waals surface area contributed by atoms with Crippen LogP contribution in [0.3, 0.4) is 0 Å². The second-order valence-electron chi connectivity index (χ2n) is 7.19. The van der Waals surface area contributed by atoms with Crippen molar-refractivity contribution in [2.75, 3.05) is 20.1 Å². The van der Waals surface area contributed by atoms with E-state index in [9.17, 15) is 12.8 Å².